The van der Waals surface area contributed by atoms with Gasteiger partial charge in [-0.2, -0.15) is 0 Å². The first kappa shape index (κ1) is 17.9. The molecule has 1 aromatic rings. The molecule has 0 radical (unpaired) electrons. The maximum Gasteiger partial charge on any atom is 0.410 e. The van der Waals surface area contributed by atoms with Crippen LogP contribution in [0.2, 0.25) is 0 Å². The monoisotopic (exact) mass is 351 g/mol. The number of nitrogens with zero attached hydrogens (tertiary/aromatic N) is 1. The molecule has 0 aromatic heterocycles. The van der Waals surface area contributed by atoms with Gasteiger partial charge in [0, 0.05) is 31.2 Å². The summed E-state index contributed by atoms with van der Waals surface area (Å²) in [5.41, 5.74) is 6.49. The van der Waals surface area contributed by atoms with Gasteiger partial charge in [-0.1, -0.05) is 12.1 Å². The zero-order chi connectivity index (χ0) is 18.2. The third kappa shape index (κ3) is 3.88. The number of piperazine rings is 1. The highest BCUT2D eigenvalue weighted by molar-refractivity contribution is 5.69. The molecule has 2 aliphatic heterocycles. The Morgan fingerprint density at radius 3 is 2.92 bits per heavy atom. The number of ether oxygens (including phenoxy) is 2. The van der Waals surface area contributed by atoms with Crippen molar-refractivity contribution in [3.05, 3.63) is 29.1 Å². The number of nitrogens with one attached hydrogen (secondary N) is 1. The molecule has 1 amide bonds. The lowest BCUT2D eigenvalue weighted by Gasteiger charge is -2.38. The summed E-state index contributed by atoms with van der Waals surface area (Å²) < 4.78 is 26.1. The summed E-state index contributed by atoms with van der Waals surface area (Å²) in [6.07, 6.45) is 0.157. The zero-order valence-corrected chi connectivity index (χ0v) is 15.0. The smallest absolute Gasteiger partial charge is 0.410 e. The van der Waals surface area contributed by atoms with Crippen LogP contribution in [0.15, 0.2) is 12.1 Å². The van der Waals surface area contributed by atoms with Crippen molar-refractivity contribution in [2.45, 2.75) is 44.9 Å². The van der Waals surface area contributed by atoms with Crippen molar-refractivity contribution in [3.63, 3.8) is 0 Å². The fraction of sp³-hybridized carbons (Fsp3) is 0.611. The van der Waals surface area contributed by atoms with Crippen LogP contribution >= 0.6 is 0 Å². The number of nitrogens with two attached hydrogens (primary N) is 1. The maximum atomic E-state index is 15.1. The quantitative estimate of drug-likeness (QED) is 0.809. The molecule has 2 atom stereocenters. The Kier molecular flexibility index (Phi) is 4.88. The average molecular weight is 351 g/mol. The maximum absolute atomic E-state index is 15.1. The fourth-order valence-electron chi connectivity index (χ4n) is 3.24. The summed E-state index contributed by atoms with van der Waals surface area (Å²) in [6.45, 7) is 7.33. The molecular formula is C18H26FN3O3. The lowest BCUT2D eigenvalue weighted by atomic mass is 9.96. The normalized spacial score (nSPS) is 23.6. The highest BCUT2D eigenvalue weighted by atomic mass is 19.1. The van der Waals surface area contributed by atoms with Gasteiger partial charge in [0.2, 0.25) is 0 Å². The average Bonchev–Trinajstić information content (AvgIpc) is 2.53. The van der Waals surface area contributed by atoms with Gasteiger partial charge in [-0.3, -0.25) is 4.90 Å². The molecule has 3 rings (SSSR count). The van der Waals surface area contributed by atoms with E-state index < -0.39 is 23.6 Å². The van der Waals surface area contributed by atoms with Crippen molar-refractivity contribution in [1.29, 1.82) is 0 Å². The largest absolute Gasteiger partial charge is 0.489 e. The highest BCUT2D eigenvalue weighted by Gasteiger charge is 2.34. The van der Waals surface area contributed by atoms with E-state index in [4.69, 9.17) is 15.2 Å². The molecule has 0 bridgehead atoms. The fourth-order valence-corrected chi connectivity index (χ4v) is 3.24. The standard InChI is InChI=1S/C18H26FN3O3/c1-18(2,3)25-17(23)22-7-6-21-9-14(22)13-5-4-11-8-12(20)10-24-16(11)15(13)19/h4-5,12,14,21H,6-10,20H2,1-3H3. The second-order valence-electron chi connectivity index (χ2n) is 7.63. The Balaban J connectivity index is 1.89. The minimum absolute atomic E-state index is 0.118. The Morgan fingerprint density at radius 1 is 1.44 bits per heavy atom. The first-order chi connectivity index (χ1) is 11.8. The Morgan fingerprint density at radius 2 is 2.20 bits per heavy atom. The number of hydrogen-bond acceptors (Lipinski definition) is 5. The Labute approximate surface area is 147 Å². The van der Waals surface area contributed by atoms with E-state index in [0.29, 0.717) is 38.2 Å². The van der Waals surface area contributed by atoms with Gasteiger partial charge in [0.05, 0.1) is 6.04 Å². The van der Waals surface area contributed by atoms with Gasteiger partial charge in [-0.25, -0.2) is 9.18 Å². The van der Waals surface area contributed by atoms with Crippen LogP contribution in [0.3, 0.4) is 0 Å². The van der Waals surface area contributed by atoms with Gasteiger partial charge in [-0.15, -0.1) is 0 Å². The van der Waals surface area contributed by atoms with Crippen molar-refractivity contribution < 1.29 is 18.7 Å². The minimum atomic E-state index is -0.597. The van der Waals surface area contributed by atoms with E-state index in [2.05, 4.69) is 5.32 Å². The summed E-state index contributed by atoms with van der Waals surface area (Å²) in [4.78, 5) is 14.1. The van der Waals surface area contributed by atoms with Gasteiger partial charge in [0.1, 0.15) is 12.2 Å². The number of fused-ring (bicyclic) bond motifs is 1. The Hall–Kier alpha value is -1.86. The van der Waals surface area contributed by atoms with Crippen molar-refractivity contribution in [2.24, 2.45) is 5.73 Å². The number of halogens is 1. The van der Waals surface area contributed by atoms with Crippen LogP contribution < -0.4 is 15.8 Å². The number of hydrogen-bond donors (Lipinski definition) is 2. The Bertz CT molecular complexity index is 660. The molecule has 6 nitrogen and oxygen atoms in total. The SMILES string of the molecule is CC(C)(C)OC(=O)N1CCNCC1c1ccc2c(c1F)OCC(N)C2. The molecule has 7 heteroatoms. The lowest BCUT2D eigenvalue weighted by molar-refractivity contribution is 0.0114. The highest BCUT2D eigenvalue weighted by Crippen LogP contribution is 2.35. The molecule has 2 unspecified atom stereocenters. The van der Waals surface area contributed by atoms with Gasteiger partial charge in [0.25, 0.3) is 0 Å². The van der Waals surface area contributed by atoms with Crippen LogP contribution in [-0.2, 0) is 11.2 Å². The minimum Gasteiger partial charge on any atom is -0.489 e. The first-order valence-electron chi connectivity index (χ1n) is 8.66. The number of carbonyl (C=O) groups excluding carboxylic acids is 1. The summed E-state index contributed by atoms with van der Waals surface area (Å²) in [5, 5.41) is 3.22. The van der Waals surface area contributed by atoms with Crippen molar-refractivity contribution >= 4 is 6.09 Å². The van der Waals surface area contributed by atoms with E-state index in [1.54, 1.807) is 11.0 Å². The molecular weight excluding hydrogens is 325 g/mol. The molecule has 1 aromatic carbocycles. The van der Waals surface area contributed by atoms with Gasteiger partial charge in [0.15, 0.2) is 11.6 Å². The first-order valence-corrected chi connectivity index (χ1v) is 8.66. The number of rotatable bonds is 1. The van der Waals surface area contributed by atoms with E-state index in [-0.39, 0.29) is 11.8 Å². The lowest BCUT2D eigenvalue weighted by Crippen LogP contribution is -2.50. The molecule has 3 N–H and O–H groups in total. The second-order valence-corrected chi connectivity index (χ2v) is 7.63. The summed E-state index contributed by atoms with van der Waals surface area (Å²) in [5.74, 6) is -0.152. The van der Waals surface area contributed by atoms with Crippen LogP contribution in [0.4, 0.5) is 9.18 Å². The molecule has 25 heavy (non-hydrogen) atoms. The van der Waals surface area contributed by atoms with Gasteiger partial charge >= 0.3 is 6.09 Å². The van der Waals surface area contributed by atoms with Crippen LogP contribution in [0.25, 0.3) is 0 Å². The molecule has 2 aliphatic rings. The summed E-state index contributed by atoms with van der Waals surface area (Å²) >= 11 is 0. The van der Waals surface area contributed by atoms with Crippen molar-refractivity contribution in [1.82, 2.24) is 10.2 Å². The molecule has 0 spiro atoms. The third-order valence-electron chi connectivity index (χ3n) is 4.36. The van der Waals surface area contributed by atoms with Crippen LogP contribution in [0.1, 0.15) is 37.9 Å². The van der Waals surface area contributed by atoms with Gasteiger partial charge in [-0.05, 0) is 32.8 Å². The van der Waals surface area contributed by atoms with E-state index in [1.807, 2.05) is 26.8 Å². The molecule has 1 saturated heterocycles. The van der Waals surface area contributed by atoms with Crippen molar-refractivity contribution in [2.75, 3.05) is 26.2 Å². The van der Waals surface area contributed by atoms with E-state index in [9.17, 15) is 4.79 Å². The van der Waals surface area contributed by atoms with Crippen LogP contribution in [0.5, 0.6) is 5.75 Å². The predicted octanol–water partition coefficient (Wildman–Crippen LogP) is 1.97. The zero-order valence-electron chi connectivity index (χ0n) is 15.0. The van der Waals surface area contributed by atoms with Crippen LogP contribution in [0, 0.1) is 5.82 Å². The van der Waals surface area contributed by atoms with Crippen LogP contribution in [-0.4, -0.2) is 48.9 Å². The second kappa shape index (κ2) is 6.80. The van der Waals surface area contributed by atoms with E-state index >= 15 is 4.39 Å². The topological polar surface area (TPSA) is 76.8 Å². The molecule has 0 aliphatic carbocycles. The summed E-state index contributed by atoms with van der Waals surface area (Å²) in [6, 6.07) is 3.01. The molecule has 0 saturated carbocycles. The van der Waals surface area contributed by atoms with Crippen molar-refractivity contribution in [3.8, 4) is 5.75 Å². The third-order valence-corrected chi connectivity index (χ3v) is 4.36. The van der Waals surface area contributed by atoms with E-state index in [1.165, 1.54) is 0 Å². The summed E-state index contributed by atoms with van der Waals surface area (Å²) in [7, 11) is 0. The molecule has 1 fully saturated rings. The molecule has 138 valence electrons. The predicted molar refractivity (Wildman–Crippen MR) is 92.1 cm³/mol. The number of benzene rings is 1. The molecule has 2 heterocycles. The number of carbonyl (C=O) groups is 1. The van der Waals surface area contributed by atoms with E-state index in [0.717, 1.165) is 5.56 Å². The van der Waals surface area contributed by atoms with Gasteiger partial charge < -0.3 is 20.5 Å². The number of amides is 1.